The number of benzene rings is 2. The maximum absolute atomic E-state index is 13.5. The average Bonchev–Trinajstić information content (AvgIpc) is 3.14. The summed E-state index contributed by atoms with van der Waals surface area (Å²) in [5, 5.41) is 0. The van der Waals surface area contributed by atoms with E-state index in [-0.39, 0.29) is 16.7 Å². The molecule has 0 unspecified atom stereocenters. The molecular weight excluding hydrogens is 454 g/mol. The van der Waals surface area contributed by atoms with Gasteiger partial charge in [-0.3, -0.25) is 4.79 Å². The lowest BCUT2D eigenvalue weighted by molar-refractivity contribution is 0.0157. The molecule has 2 aliphatic rings. The fraction of sp³-hybridized carbons (Fsp3) is 0.409. The number of carbonyl (C=O) groups is 1. The number of sulfonamides is 1. The number of halogens is 1. The van der Waals surface area contributed by atoms with Gasteiger partial charge in [0.05, 0.1) is 23.5 Å². The van der Waals surface area contributed by atoms with Crippen LogP contribution in [0.2, 0.25) is 0 Å². The van der Waals surface area contributed by atoms with E-state index in [9.17, 15) is 13.2 Å². The molecule has 1 aliphatic heterocycles. The van der Waals surface area contributed by atoms with E-state index in [1.807, 2.05) is 32.0 Å². The Morgan fingerprint density at radius 1 is 1.17 bits per heavy atom. The van der Waals surface area contributed by atoms with Crippen LogP contribution in [-0.4, -0.2) is 37.4 Å². The number of Topliss-reactive ketones (excluding diaryl/α,β-unsaturated/α-hetero) is 1. The zero-order valence-corrected chi connectivity index (χ0v) is 18.9. The molecule has 3 atom stereocenters. The van der Waals surface area contributed by atoms with Crippen molar-refractivity contribution in [3.05, 3.63) is 63.6 Å². The number of fused-ring (bicyclic) bond motifs is 1. The van der Waals surface area contributed by atoms with Crippen molar-refractivity contribution in [3.63, 3.8) is 0 Å². The number of hydrogen-bond acceptors (Lipinski definition) is 4. The minimum absolute atomic E-state index is 0.0431. The number of ether oxygens (including phenoxy) is 1. The van der Waals surface area contributed by atoms with Crippen molar-refractivity contribution in [2.45, 2.75) is 50.3 Å². The summed E-state index contributed by atoms with van der Waals surface area (Å²) < 4.78 is 35.3. The Labute approximate surface area is 180 Å². The van der Waals surface area contributed by atoms with Gasteiger partial charge in [0.25, 0.3) is 0 Å². The minimum Gasteiger partial charge on any atom is -0.360 e. The number of aryl methyl sites for hydroxylation is 2. The van der Waals surface area contributed by atoms with Gasteiger partial charge in [0.1, 0.15) is 6.23 Å². The SMILES string of the molecule is CC[C@@H]1CO[C@H]([C@H]2CCc3ccc(Br)cc3C2=O)N1S(=O)(=O)c1ccc(C)cc1. The Bertz CT molecular complexity index is 1040. The van der Waals surface area contributed by atoms with Gasteiger partial charge in [0, 0.05) is 10.0 Å². The summed E-state index contributed by atoms with van der Waals surface area (Å²) in [5.41, 5.74) is 2.66. The third kappa shape index (κ3) is 3.69. The van der Waals surface area contributed by atoms with Gasteiger partial charge in [0.15, 0.2) is 5.78 Å². The van der Waals surface area contributed by atoms with Crippen molar-refractivity contribution < 1.29 is 17.9 Å². The standard InChI is InChI=1S/C22H24BrNO4S/c1-3-17-13-28-22(24(17)29(26,27)18-9-4-14(2)5-10-18)19-11-7-15-6-8-16(23)12-20(15)21(19)25/h4-6,8-10,12,17,19,22H,3,7,11,13H2,1-2H3/t17-,19+,22-/m1/s1. The Balaban J connectivity index is 1.71. The van der Waals surface area contributed by atoms with Gasteiger partial charge in [-0.25, -0.2) is 8.42 Å². The van der Waals surface area contributed by atoms with E-state index < -0.39 is 22.2 Å². The molecule has 1 aliphatic carbocycles. The van der Waals surface area contributed by atoms with E-state index in [0.717, 1.165) is 22.0 Å². The Morgan fingerprint density at radius 3 is 2.59 bits per heavy atom. The molecule has 0 amide bonds. The lowest BCUT2D eigenvalue weighted by Gasteiger charge is -2.33. The van der Waals surface area contributed by atoms with Gasteiger partial charge >= 0.3 is 0 Å². The van der Waals surface area contributed by atoms with Crippen molar-refractivity contribution in [2.24, 2.45) is 5.92 Å². The highest BCUT2D eigenvalue weighted by molar-refractivity contribution is 9.10. The first kappa shape index (κ1) is 20.7. The second-order valence-electron chi connectivity index (χ2n) is 7.74. The molecule has 2 aromatic carbocycles. The van der Waals surface area contributed by atoms with E-state index in [1.165, 1.54) is 4.31 Å². The van der Waals surface area contributed by atoms with Crippen LogP contribution in [-0.2, 0) is 21.2 Å². The first-order valence-electron chi connectivity index (χ1n) is 9.87. The number of nitrogens with zero attached hydrogens (tertiary/aromatic N) is 1. The summed E-state index contributed by atoms with van der Waals surface area (Å²) in [6.07, 6.45) is 1.17. The molecule has 1 heterocycles. The fourth-order valence-corrected chi connectivity index (χ4v) is 6.40. The fourth-order valence-electron chi connectivity index (χ4n) is 4.23. The molecule has 0 saturated carbocycles. The maximum atomic E-state index is 13.5. The predicted octanol–water partition coefficient (Wildman–Crippen LogP) is 4.33. The molecule has 1 saturated heterocycles. The molecule has 0 N–H and O–H groups in total. The van der Waals surface area contributed by atoms with Crippen LogP contribution in [0.25, 0.3) is 0 Å². The third-order valence-corrected chi connectivity index (χ3v) is 8.30. The van der Waals surface area contributed by atoms with Crippen molar-refractivity contribution in [2.75, 3.05) is 6.61 Å². The van der Waals surface area contributed by atoms with Crippen LogP contribution in [0.5, 0.6) is 0 Å². The smallest absolute Gasteiger partial charge is 0.245 e. The zero-order valence-electron chi connectivity index (χ0n) is 16.5. The molecule has 5 nitrogen and oxygen atoms in total. The molecule has 0 spiro atoms. The van der Waals surface area contributed by atoms with Crippen molar-refractivity contribution in [1.29, 1.82) is 0 Å². The third-order valence-electron chi connectivity index (χ3n) is 5.88. The monoisotopic (exact) mass is 477 g/mol. The van der Waals surface area contributed by atoms with Gasteiger partial charge in [-0.1, -0.05) is 46.6 Å². The van der Waals surface area contributed by atoms with Crippen molar-refractivity contribution in [3.8, 4) is 0 Å². The van der Waals surface area contributed by atoms with Gasteiger partial charge in [-0.2, -0.15) is 4.31 Å². The Kier molecular flexibility index (Phi) is 5.68. The quantitative estimate of drug-likeness (QED) is 0.657. The molecule has 2 aromatic rings. The highest BCUT2D eigenvalue weighted by atomic mass is 79.9. The molecule has 0 radical (unpaired) electrons. The zero-order chi connectivity index (χ0) is 20.8. The lowest BCUT2D eigenvalue weighted by atomic mass is 9.82. The highest BCUT2D eigenvalue weighted by Crippen LogP contribution is 2.38. The van der Waals surface area contributed by atoms with Crippen LogP contribution in [0.1, 0.15) is 41.3 Å². The van der Waals surface area contributed by atoms with E-state index >= 15 is 0 Å². The van der Waals surface area contributed by atoms with Gasteiger partial charge in [-0.05, 0) is 56.0 Å². The van der Waals surface area contributed by atoms with Gasteiger partial charge < -0.3 is 4.74 Å². The molecule has 0 bridgehead atoms. The summed E-state index contributed by atoms with van der Waals surface area (Å²) in [6, 6.07) is 12.3. The Morgan fingerprint density at radius 2 is 1.90 bits per heavy atom. The maximum Gasteiger partial charge on any atom is 0.245 e. The average molecular weight is 478 g/mol. The second-order valence-corrected chi connectivity index (χ2v) is 10.5. The summed E-state index contributed by atoms with van der Waals surface area (Å²) in [6.45, 7) is 4.17. The lowest BCUT2D eigenvalue weighted by Crippen LogP contribution is -2.48. The van der Waals surface area contributed by atoms with Crippen molar-refractivity contribution in [1.82, 2.24) is 4.31 Å². The molecule has 1 fully saturated rings. The minimum atomic E-state index is -3.78. The van der Waals surface area contributed by atoms with Crippen LogP contribution in [0.15, 0.2) is 51.8 Å². The van der Waals surface area contributed by atoms with Crippen LogP contribution in [0, 0.1) is 12.8 Å². The number of rotatable bonds is 4. The summed E-state index contributed by atoms with van der Waals surface area (Å²) in [7, 11) is -3.78. The molecule has 29 heavy (non-hydrogen) atoms. The number of carbonyl (C=O) groups excluding carboxylic acids is 1. The largest absolute Gasteiger partial charge is 0.360 e. The van der Waals surface area contributed by atoms with E-state index in [4.69, 9.17) is 4.74 Å². The predicted molar refractivity (Wildman–Crippen MR) is 114 cm³/mol. The molecule has 7 heteroatoms. The van der Waals surface area contributed by atoms with E-state index in [0.29, 0.717) is 25.0 Å². The topological polar surface area (TPSA) is 63.7 Å². The normalized spacial score (nSPS) is 25.2. The van der Waals surface area contributed by atoms with Crippen LogP contribution in [0.4, 0.5) is 0 Å². The van der Waals surface area contributed by atoms with Crippen LogP contribution >= 0.6 is 15.9 Å². The van der Waals surface area contributed by atoms with E-state index in [2.05, 4.69) is 15.9 Å². The first-order chi connectivity index (χ1) is 13.8. The number of ketones is 1. The first-order valence-corrected chi connectivity index (χ1v) is 12.1. The Hall–Kier alpha value is -1.54. The second kappa shape index (κ2) is 7.95. The van der Waals surface area contributed by atoms with Crippen molar-refractivity contribution >= 4 is 31.7 Å². The highest BCUT2D eigenvalue weighted by Gasteiger charge is 2.49. The molecule has 154 valence electrons. The summed E-state index contributed by atoms with van der Waals surface area (Å²) in [4.78, 5) is 13.5. The van der Waals surface area contributed by atoms with E-state index in [1.54, 1.807) is 24.3 Å². The van der Waals surface area contributed by atoms with Crippen LogP contribution in [0.3, 0.4) is 0 Å². The van der Waals surface area contributed by atoms with Gasteiger partial charge in [0.2, 0.25) is 10.0 Å². The number of hydrogen-bond donors (Lipinski definition) is 0. The van der Waals surface area contributed by atoms with Gasteiger partial charge in [-0.15, -0.1) is 0 Å². The van der Waals surface area contributed by atoms with Crippen LogP contribution < -0.4 is 0 Å². The molecular formula is C22H24BrNO4S. The summed E-state index contributed by atoms with van der Waals surface area (Å²) >= 11 is 3.43. The summed E-state index contributed by atoms with van der Waals surface area (Å²) in [5.74, 6) is -0.549. The molecule has 0 aromatic heterocycles. The molecule has 4 rings (SSSR count).